The molecule has 24 heavy (non-hydrogen) atoms. The van der Waals surface area contributed by atoms with Crippen molar-refractivity contribution in [2.75, 3.05) is 26.7 Å². The number of aromatic amines is 1. The van der Waals surface area contributed by atoms with Gasteiger partial charge in [-0.15, -0.1) is 0 Å². The molecule has 0 aromatic carbocycles. The van der Waals surface area contributed by atoms with Crippen LogP contribution in [0.15, 0.2) is 22.6 Å². The Balaban J connectivity index is 1.53. The number of carbonyl (C=O) groups is 1. The molecule has 0 saturated carbocycles. The lowest BCUT2D eigenvalue weighted by Gasteiger charge is -2.32. The number of amides is 1. The smallest absolute Gasteiger partial charge is 0.236 e. The molecule has 0 unspecified atom stereocenters. The van der Waals surface area contributed by atoms with Gasteiger partial charge in [0.05, 0.1) is 18.8 Å². The van der Waals surface area contributed by atoms with E-state index in [2.05, 4.69) is 21.2 Å². The summed E-state index contributed by atoms with van der Waals surface area (Å²) in [4.78, 5) is 16.5. The molecule has 1 N–H and O–H groups in total. The number of aryl methyl sites for hydroxylation is 2. The Morgan fingerprint density at radius 2 is 2.29 bits per heavy atom. The molecule has 0 radical (unpaired) electrons. The third kappa shape index (κ3) is 4.06. The summed E-state index contributed by atoms with van der Waals surface area (Å²) in [5.41, 5.74) is 2.20. The van der Waals surface area contributed by atoms with Crippen molar-refractivity contribution in [2.24, 2.45) is 0 Å². The molecule has 0 aliphatic carbocycles. The number of piperidine rings is 1. The van der Waals surface area contributed by atoms with Crippen molar-refractivity contribution in [3.05, 3.63) is 41.1 Å². The average molecular weight is 330 g/mol. The number of likely N-dealkylation sites (tertiary alicyclic amines) is 1. The summed E-state index contributed by atoms with van der Waals surface area (Å²) in [5.74, 6) is 2.24. The SMILES string of the molecule is Cc1cc([C@H]2CCCN(CC(=O)N(C)Cc3ccc(C)o3)C2)n[nH]1. The average Bonchev–Trinajstić information content (AvgIpc) is 3.16. The molecular formula is C18H26N4O2. The zero-order valence-electron chi connectivity index (χ0n) is 14.7. The number of hydrogen-bond acceptors (Lipinski definition) is 4. The molecule has 6 heteroatoms. The van der Waals surface area contributed by atoms with Gasteiger partial charge in [0, 0.05) is 25.2 Å². The van der Waals surface area contributed by atoms with Crippen LogP contribution in [-0.4, -0.2) is 52.6 Å². The Hall–Kier alpha value is -2.08. The number of nitrogens with zero attached hydrogens (tertiary/aromatic N) is 3. The van der Waals surface area contributed by atoms with Gasteiger partial charge >= 0.3 is 0 Å². The lowest BCUT2D eigenvalue weighted by molar-refractivity contribution is -0.132. The minimum Gasteiger partial charge on any atom is -0.464 e. The number of aromatic nitrogens is 2. The summed E-state index contributed by atoms with van der Waals surface area (Å²) in [5, 5.41) is 7.40. The predicted octanol–water partition coefficient (Wildman–Crippen LogP) is 2.46. The summed E-state index contributed by atoms with van der Waals surface area (Å²) in [6, 6.07) is 5.96. The maximum atomic E-state index is 12.5. The molecule has 0 bridgehead atoms. The van der Waals surface area contributed by atoms with E-state index in [1.165, 1.54) is 0 Å². The van der Waals surface area contributed by atoms with Gasteiger partial charge < -0.3 is 9.32 Å². The molecule has 0 spiro atoms. The topological polar surface area (TPSA) is 65.4 Å². The number of carbonyl (C=O) groups excluding carboxylic acids is 1. The van der Waals surface area contributed by atoms with Crippen LogP contribution in [0.25, 0.3) is 0 Å². The van der Waals surface area contributed by atoms with Crippen LogP contribution in [0.2, 0.25) is 0 Å². The van der Waals surface area contributed by atoms with E-state index < -0.39 is 0 Å². The minimum absolute atomic E-state index is 0.128. The summed E-state index contributed by atoms with van der Waals surface area (Å²) >= 11 is 0. The van der Waals surface area contributed by atoms with Crippen molar-refractivity contribution in [1.29, 1.82) is 0 Å². The lowest BCUT2D eigenvalue weighted by atomic mass is 9.94. The molecule has 1 saturated heterocycles. The molecule has 1 atom stereocenters. The van der Waals surface area contributed by atoms with Gasteiger partial charge in [-0.05, 0) is 51.4 Å². The third-order valence-electron chi connectivity index (χ3n) is 4.62. The quantitative estimate of drug-likeness (QED) is 0.914. The van der Waals surface area contributed by atoms with Crippen molar-refractivity contribution in [3.63, 3.8) is 0 Å². The van der Waals surface area contributed by atoms with Gasteiger partial charge in [-0.25, -0.2) is 0 Å². The molecule has 130 valence electrons. The summed E-state index contributed by atoms with van der Waals surface area (Å²) in [7, 11) is 1.83. The van der Waals surface area contributed by atoms with Crippen molar-refractivity contribution >= 4 is 5.91 Å². The van der Waals surface area contributed by atoms with Crippen molar-refractivity contribution < 1.29 is 9.21 Å². The summed E-state index contributed by atoms with van der Waals surface area (Å²) in [6.07, 6.45) is 2.24. The van der Waals surface area contributed by atoms with Crippen LogP contribution >= 0.6 is 0 Å². The van der Waals surface area contributed by atoms with Gasteiger partial charge in [0.15, 0.2) is 0 Å². The van der Waals surface area contributed by atoms with E-state index in [4.69, 9.17) is 4.42 Å². The highest BCUT2D eigenvalue weighted by atomic mass is 16.3. The van der Waals surface area contributed by atoms with Crippen LogP contribution in [0.4, 0.5) is 0 Å². The van der Waals surface area contributed by atoms with Crippen molar-refractivity contribution in [2.45, 2.75) is 39.2 Å². The van der Waals surface area contributed by atoms with Gasteiger partial charge in [-0.2, -0.15) is 5.10 Å². The van der Waals surface area contributed by atoms with Crippen LogP contribution in [0, 0.1) is 13.8 Å². The first kappa shape index (κ1) is 16.8. The molecule has 1 aliphatic rings. The molecule has 2 aromatic rings. The normalized spacial score (nSPS) is 18.7. The fraction of sp³-hybridized carbons (Fsp3) is 0.556. The molecule has 2 aromatic heterocycles. The highest BCUT2D eigenvalue weighted by molar-refractivity contribution is 5.77. The number of hydrogen-bond donors (Lipinski definition) is 1. The van der Waals surface area contributed by atoms with E-state index in [0.29, 0.717) is 19.0 Å². The Morgan fingerprint density at radius 3 is 2.96 bits per heavy atom. The van der Waals surface area contributed by atoms with Crippen LogP contribution in [-0.2, 0) is 11.3 Å². The highest BCUT2D eigenvalue weighted by Gasteiger charge is 2.25. The fourth-order valence-corrected chi connectivity index (χ4v) is 3.29. The number of nitrogens with one attached hydrogen (secondary N) is 1. The first-order chi connectivity index (χ1) is 11.5. The number of furan rings is 1. The van der Waals surface area contributed by atoms with Gasteiger partial charge in [0.2, 0.25) is 5.91 Å². The van der Waals surface area contributed by atoms with Crippen LogP contribution < -0.4 is 0 Å². The monoisotopic (exact) mass is 330 g/mol. The maximum Gasteiger partial charge on any atom is 0.236 e. The molecule has 3 heterocycles. The second-order valence-corrected chi connectivity index (χ2v) is 6.81. The molecule has 1 aliphatic heterocycles. The lowest BCUT2D eigenvalue weighted by Crippen LogP contribution is -2.42. The molecule has 6 nitrogen and oxygen atoms in total. The van der Waals surface area contributed by atoms with Gasteiger partial charge in [-0.3, -0.25) is 14.8 Å². The Morgan fingerprint density at radius 1 is 1.46 bits per heavy atom. The first-order valence-corrected chi connectivity index (χ1v) is 8.55. The number of likely N-dealkylation sites (N-methyl/N-ethyl adjacent to an activating group) is 1. The van der Waals surface area contributed by atoms with Crippen LogP contribution in [0.3, 0.4) is 0 Å². The van der Waals surface area contributed by atoms with Crippen molar-refractivity contribution in [3.8, 4) is 0 Å². The summed E-state index contributed by atoms with van der Waals surface area (Å²) < 4.78 is 5.55. The zero-order valence-corrected chi connectivity index (χ0v) is 14.7. The highest BCUT2D eigenvalue weighted by Crippen LogP contribution is 2.25. The number of rotatable bonds is 5. The Labute approximate surface area is 142 Å². The van der Waals surface area contributed by atoms with Crippen LogP contribution in [0.1, 0.15) is 41.7 Å². The fourth-order valence-electron chi connectivity index (χ4n) is 3.29. The summed E-state index contributed by atoms with van der Waals surface area (Å²) in [6.45, 7) is 6.77. The molecule has 1 amide bonds. The van der Waals surface area contributed by atoms with Crippen LogP contribution in [0.5, 0.6) is 0 Å². The van der Waals surface area contributed by atoms with E-state index in [1.54, 1.807) is 4.90 Å². The van der Waals surface area contributed by atoms with E-state index in [1.807, 2.05) is 33.0 Å². The zero-order chi connectivity index (χ0) is 17.1. The molecule has 3 rings (SSSR count). The van der Waals surface area contributed by atoms with Gasteiger partial charge in [-0.1, -0.05) is 0 Å². The second kappa shape index (κ2) is 7.21. The Kier molecular flexibility index (Phi) is 5.04. The second-order valence-electron chi connectivity index (χ2n) is 6.81. The standard InChI is InChI=1S/C18H26N4O2/c1-13-9-17(20-19-13)15-5-4-8-22(10-15)12-18(23)21(3)11-16-7-6-14(2)24-16/h6-7,9,15H,4-5,8,10-12H2,1-3H3,(H,19,20)/t15-/m0/s1. The number of H-pyrrole nitrogens is 1. The van der Waals surface area contributed by atoms with E-state index in [-0.39, 0.29) is 5.91 Å². The first-order valence-electron chi connectivity index (χ1n) is 8.55. The van der Waals surface area contributed by atoms with E-state index in [0.717, 1.165) is 48.8 Å². The van der Waals surface area contributed by atoms with Gasteiger partial charge in [0.25, 0.3) is 0 Å². The predicted molar refractivity (Wildman–Crippen MR) is 91.7 cm³/mol. The van der Waals surface area contributed by atoms with E-state index in [9.17, 15) is 4.79 Å². The largest absolute Gasteiger partial charge is 0.464 e. The minimum atomic E-state index is 0.128. The molecular weight excluding hydrogens is 304 g/mol. The third-order valence-corrected chi connectivity index (χ3v) is 4.62. The Bertz CT molecular complexity index is 691. The maximum absolute atomic E-state index is 12.5. The van der Waals surface area contributed by atoms with Crippen molar-refractivity contribution in [1.82, 2.24) is 20.0 Å². The van der Waals surface area contributed by atoms with Gasteiger partial charge in [0.1, 0.15) is 11.5 Å². The van der Waals surface area contributed by atoms with E-state index >= 15 is 0 Å². The molecule has 1 fully saturated rings.